The van der Waals surface area contributed by atoms with Gasteiger partial charge in [0.15, 0.2) is 5.13 Å². The van der Waals surface area contributed by atoms with Gasteiger partial charge in [-0.2, -0.15) is 0 Å². The smallest absolute Gasteiger partial charge is 0.414 e. The van der Waals surface area contributed by atoms with Crippen molar-refractivity contribution in [3.8, 4) is 0 Å². The number of carbonyl (C=O) groups is 2. The van der Waals surface area contributed by atoms with Crippen LogP contribution in [0.1, 0.15) is 35.4 Å². The molecule has 2 atom stereocenters. The van der Waals surface area contributed by atoms with E-state index >= 15 is 0 Å². The number of rotatable bonds is 3. The molecule has 1 aliphatic rings. The van der Waals surface area contributed by atoms with E-state index in [0.29, 0.717) is 11.6 Å². The Morgan fingerprint density at radius 3 is 2.83 bits per heavy atom. The van der Waals surface area contributed by atoms with Crippen LogP contribution in [0, 0.1) is 0 Å². The minimum absolute atomic E-state index is 0.0241. The maximum absolute atomic E-state index is 12.1. The Morgan fingerprint density at radius 2 is 2.17 bits per heavy atom. The van der Waals surface area contributed by atoms with Crippen molar-refractivity contribution in [3.05, 3.63) is 40.9 Å². The average Bonchev–Trinajstić information content (AvgIpc) is 3.03. The Balaban J connectivity index is 1.91. The molecule has 0 bridgehead atoms. The van der Waals surface area contributed by atoms with E-state index in [1.807, 2.05) is 31.2 Å². The molecule has 2 unspecified atom stereocenters. The van der Waals surface area contributed by atoms with Crippen LogP contribution in [0.15, 0.2) is 29.6 Å². The van der Waals surface area contributed by atoms with Crippen molar-refractivity contribution in [1.29, 1.82) is 0 Å². The topological polar surface area (TPSA) is 97.6 Å². The summed E-state index contributed by atoms with van der Waals surface area (Å²) in [7, 11) is 1.38. The molecule has 0 aliphatic carbocycles. The summed E-state index contributed by atoms with van der Waals surface area (Å²) in [6, 6.07) is 7.61. The predicted octanol–water partition coefficient (Wildman–Crippen LogP) is 2.76. The van der Waals surface area contributed by atoms with Crippen LogP contribution in [0.2, 0.25) is 0 Å². The van der Waals surface area contributed by atoms with E-state index in [1.165, 1.54) is 18.4 Å². The molecule has 126 valence electrons. The highest BCUT2D eigenvalue weighted by Gasteiger charge is 2.34. The fourth-order valence-corrected chi connectivity index (χ4v) is 3.68. The molecule has 24 heavy (non-hydrogen) atoms. The third-order valence-corrected chi connectivity index (χ3v) is 4.79. The van der Waals surface area contributed by atoms with Crippen LogP contribution in [0.25, 0.3) is 0 Å². The molecular weight excluding hydrogens is 328 g/mol. The summed E-state index contributed by atoms with van der Waals surface area (Å²) in [5, 5.41) is 5.60. The Kier molecular flexibility index (Phi) is 4.39. The zero-order chi connectivity index (χ0) is 17.3. The molecule has 1 aromatic heterocycles. The second-order valence-electron chi connectivity index (χ2n) is 5.58. The third kappa shape index (κ3) is 2.92. The second kappa shape index (κ2) is 6.48. The minimum atomic E-state index is -0.548. The van der Waals surface area contributed by atoms with Crippen LogP contribution in [0.3, 0.4) is 0 Å². The number of anilines is 2. The standard InChI is InChI=1S/C16H18N4O3S/c1-9-7-11(18-15-19-12(8-24-15)14(17)21)10-5-3-4-6-13(10)20(9)16(22)23-2/h3-6,8-9,11H,7H2,1-2H3,(H2,17,21)(H,18,19). The van der Waals surface area contributed by atoms with Gasteiger partial charge in [-0.3, -0.25) is 9.69 Å². The van der Waals surface area contributed by atoms with Gasteiger partial charge in [-0.05, 0) is 25.0 Å². The maximum Gasteiger partial charge on any atom is 0.414 e. The molecule has 2 amide bonds. The molecule has 8 heteroatoms. The molecule has 3 rings (SSSR count). The molecule has 0 radical (unpaired) electrons. The van der Waals surface area contributed by atoms with Gasteiger partial charge in [0.05, 0.1) is 18.8 Å². The number of hydrogen-bond acceptors (Lipinski definition) is 6. The first-order valence-electron chi connectivity index (χ1n) is 7.49. The highest BCUT2D eigenvalue weighted by Crippen LogP contribution is 2.39. The number of amides is 2. The Hall–Kier alpha value is -2.61. The number of aromatic nitrogens is 1. The van der Waals surface area contributed by atoms with E-state index in [2.05, 4.69) is 10.3 Å². The van der Waals surface area contributed by atoms with Crippen LogP contribution in [0.4, 0.5) is 15.6 Å². The number of para-hydroxylation sites is 1. The highest BCUT2D eigenvalue weighted by molar-refractivity contribution is 7.13. The Morgan fingerprint density at radius 1 is 1.42 bits per heavy atom. The average molecular weight is 346 g/mol. The van der Waals surface area contributed by atoms with Gasteiger partial charge in [-0.1, -0.05) is 18.2 Å². The van der Waals surface area contributed by atoms with Crippen LogP contribution >= 0.6 is 11.3 Å². The summed E-state index contributed by atoms with van der Waals surface area (Å²) in [6.45, 7) is 1.97. The molecule has 2 aromatic rings. The number of carbonyl (C=O) groups excluding carboxylic acids is 2. The normalized spacial score (nSPS) is 19.5. The van der Waals surface area contributed by atoms with E-state index in [9.17, 15) is 9.59 Å². The lowest BCUT2D eigenvalue weighted by Gasteiger charge is -2.38. The number of nitrogens with zero attached hydrogens (tertiary/aromatic N) is 2. The maximum atomic E-state index is 12.1. The van der Waals surface area contributed by atoms with Crippen molar-refractivity contribution in [2.75, 3.05) is 17.3 Å². The first kappa shape index (κ1) is 16.3. The van der Waals surface area contributed by atoms with Crippen molar-refractivity contribution in [2.24, 2.45) is 5.73 Å². The van der Waals surface area contributed by atoms with E-state index in [1.54, 1.807) is 10.3 Å². The third-order valence-electron chi connectivity index (χ3n) is 4.01. The number of fused-ring (bicyclic) bond motifs is 1. The molecule has 1 aliphatic heterocycles. The zero-order valence-electron chi connectivity index (χ0n) is 13.4. The number of methoxy groups -OCH3 is 1. The minimum Gasteiger partial charge on any atom is -0.452 e. The van der Waals surface area contributed by atoms with Crippen LogP contribution in [0.5, 0.6) is 0 Å². The van der Waals surface area contributed by atoms with E-state index in [-0.39, 0.29) is 23.9 Å². The first-order valence-corrected chi connectivity index (χ1v) is 8.37. The highest BCUT2D eigenvalue weighted by atomic mass is 32.1. The largest absolute Gasteiger partial charge is 0.452 e. The monoisotopic (exact) mass is 346 g/mol. The lowest BCUT2D eigenvalue weighted by molar-refractivity contribution is 0.0996. The quantitative estimate of drug-likeness (QED) is 0.890. The van der Waals surface area contributed by atoms with Crippen LogP contribution in [-0.4, -0.2) is 30.1 Å². The number of benzene rings is 1. The molecule has 7 nitrogen and oxygen atoms in total. The van der Waals surface area contributed by atoms with Crippen molar-refractivity contribution in [2.45, 2.75) is 25.4 Å². The molecule has 0 saturated heterocycles. The van der Waals surface area contributed by atoms with Gasteiger partial charge in [0, 0.05) is 11.4 Å². The summed E-state index contributed by atoms with van der Waals surface area (Å²) in [4.78, 5) is 29.2. The van der Waals surface area contributed by atoms with E-state index in [4.69, 9.17) is 10.5 Å². The molecule has 2 heterocycles. The summed E-state index contributed by atoms with van der Waals surface area (Å²) in [5.74, 6) is -0.548. The number of nitrogens with one attached hydrogen (secondary N) is 1. The van der Waals surface area contributed by atoms with Gasteiger partial charge < -0.3 is 15.8 Å². The molecule has 1 aromatic carbocycles. The van der Waals surface area contributed by atoms with Crippen LogP contribution in [-0.2, 0) is 4.74 Å². The van der Waals surface area contributed by atoms with Gasteiger partial charge in [0.25, 0.3) is 5.91 Å². The molecular formula is C16H18N4O3S. The van der Waals surface area contributed by atoms with Gasteiger partial charge in [0.1, 0.15) is 5.69 Å². The first-order chi connectivity index (χ1) is 11.5. The van der Waals surface area contributed by atoms with Crippen molar-refractivity contribution in [3.63, 3.8) is 0 Å². The number of ether oxygens (including phenoxy) is 1. The lowest BCUT2D eigenvalue weighted by atomic mass is 9.92. The van der Waals surface area contributed by atoms with Crippen molar-refractivity contribution < 1.29 is 14.3 Å². The van der Waals surface area contributed by atoms with E-state index < -0.39 is 5.91 Å². The number of primary amides is 1. The molecule has 0 spiro atoms. The SMILES string of the molecule is COC(=O)N1c2ccccc2C(Nc2nc(C(N)=O)cs2)CC1C. The van der Waals surface area contributed by atoms with Gasteiger partial charge in [-0.25, -0.2) is 9.78 Å². The molecule has 0 fully saturated rings. The van der Waals surface area contributed by atoms with Gasteiger partial charge >= 0.3 is 6.09 Å². The molecule has 3 N–H and O–H groups in total. The number of nitrogens with two attached hydrogens (primary N) is 1. The van der Waals surface area contributed by atoms with Crippen molar-refractivity contribution in [1.82, 2.24) is 4.98 Å². The van der Waals surface area contributed by atoms with Crippen LogP contribution < -0.4 is 16.0 Å². The van der Waals surface area contributed by atoms with Gasteiger partial charge in [0.2, 0.25) is 0 Å². The molecule has 0 saturated carbocycles. The zero-order valence-corrected chi connectivity index (χ0v) is 14.2. The summed E-state index contributed by atoms with van der Waals surface area (Å²) >= 11 is 1.33. The summed E-state index contributed by atoms with van der Waals surface area (Å²) < 4.78 is 4.91. The Bertz CT molecular complexity index is 776. The van der Waals surface area contributed by atoms with Gasteiger partial charge in [-0.15, -0.1) is 11.3 Å². The lowest BCUT2D eigenvalue weighted by Crippen LogP contribution is -2.44. The Labute approximate surface area is 143 Å². The predicted molar refractivity (Wildman–Crippen MR) is 92.4 cm³/mol. The number of thiazole rings is 1. The second-order valence-corrected chi connectivity index (χ2v) is 6.44. The summed E-state index contributed by atoms with van der Waals surface area (Å²) in [6.07, 6.45) is 0.316. The number of hydrogen-bond donors (Lipinski definition) is 2. The summed E-state index contributed by atoms with van der Waals surface area (Å²) in [5.41, 5.74) is 7.29. The van der Waals surface area contributed by atoms with E-state index in [0.717, 1.165) is 11.3 Å². The van der Waals surface area contributed by atoms with Crippen molar-refractivity contribution >= 4 is 34.2 Å². The fourth-order valence-electron chi connectivity index (χ4n) is 2.93. The fraction of sp³-hybridized carbons (Fsp3) is 0.312.